The molecular weight excluding hydrogens is 643 g/mol. The van der Waals surface area contributed by atoms with Crippen molar-refractivity contribution in [3.8, 4) is 0 Å². The molecule has 1 aliphatic heterocycles. The van der Waals surface area contributed by atoms with Gasteiger partial charge in [-0.25, -0.2) is 12.8 Å². The van der Waals surface area contributed by atoms with E-state index in [2.05, 4.69) is 0 Å². The molecule has 1 heterocycles. The summed E-state index contributed by atoms with van der Waals surface area (Å²) in [5.74, 6) is -2.55. The third-order valence-corrected chi connectivity index (χ3v) is 12.1. The van der Waals surface area contributed by atoms with Crippen molar-refractivity contribution in [1.29, 1.82) is 0 Å². The maximum atomic E-state index is 15.0. The summed E-state index contributed by atoms with van der Waals surface area (Å²) in [5, 5.41) is 9.37. The zero-order valence-electron chi connectivity index (χ0n) is 22.9. The number of carbonyl (C=O) groups excluding carboxylic acids is 1. The fourth-order valence-corrected chi connectivity index (χ4v) is 9.83. The first kappa shape index (κ1) is 32.5. The van der Waals surface area contributed by atoms with E-state index in [1.54, 1.807) is 0 Å². The molecule has 6 nitrogen and oxygen atoms in total. The minimum Gasteiger partial charge on any atom is -0.481 e. The molecule has 3 aliphatic rings. The van der Waals surface area contributed by atoms with E-state index >= 15 is 0 Å². The number of rotatable bonds is 5. The first-order chi connectivity index (χ1) is 20.4. The quantitative estimate of drug-likeness (QED) is 0.357. The van der Waals surface area contributed by atoms with E-state index in [4.69, 9.17) is 11.6 Å². The molecule has 5 rings (SSSR count). The Morgan fingerprint density at radius 3 is 2.07 bits per heavy atom. The third-order valence-electron chi connectivity index (χ3n) is 9.36. The van der Waals surface area contributed by atoms with E-state index in [-0.39, 0.29) is 78.4 Å². The van der Waals surface area contributed by atoms with Crippen molar-refractivity contribution in [1.82, 2.24) is 4.90 Å². The lowest BCUT2D eigenvalue weighted by molar-refractivity contribution is -0.348. The number of amides is 1. The standard InChI is InChI=1S/C29H27ClF7NO5S/c30-20-2-1-3-21(15-20)44(42,43)26-12-13-38(24(39)16-4-6-17(7-5-16)25(40)41)23(26)11-8-18-14-19(9-10-22(18)26)27(31,28(32,33)34)29(35,36)37/h1-3,9-10,14-17,23H,4-8,11-13H2,(H,40,41)/t16-,17-,23?,26?. The summed E-state index contributed by atoms with van der Waals surface area (Å²) in [4.78, 5) is 26.3. The number of carboxylic acids is 1. The average molecular weight is 670 g/mol. The fraction of sp³-hybridized carbons (Fsp3) is 0.517. The third kappa shape index (κ3) is 4.87. The molecule has 2 unspecified atom stereocenters. The summed E-state index contributed by atoms with van der Waals surface area (Å²) in [5.41, 5.74) is -7.71. The number of carboxylic acid groups (broad SMARTS) is 1. The smallest absolute Gasteiger partial charge is 0.435 e. The second-order valence-electron chi connectivity index (χ2n) is 11.6. The van der Waals surface area contributed by atoms with Gasteiger partial charge >= 0.3 is 24.0 Å². The van der Waals surface area contributed by atoms with Crippen molar-refractivity contribution in [3.63, 3.8) is 0 Å². The summed E-state index contributed by atoms with van der Waals surface area (Å²) >= 11 is 6.08. The number of sulfone groups is 1. The van der Waals surface area contributed by atoms with Gasteiger partial charge in [0.25, 0.3) is 0 Å². The lowest BCUT2D eigenvalue weighted by atomic mass is 9.76. The van der Waals surface area contributed by atoms with Crippen molar-refractivity contribution >= 4 is 33.3 Å². The van der Waals surface area contributed by atoms with Crippen molar-refractivity contribution in [3.05, 3.63) is 64.2 Å². The van der Waals surface area contributed by atoms with Crippen LogP contribution in [0.2, 0.25) is 5.02 Å². The van der Waals surface area contributed by atoms with Crippen molar-refractivity contribution < 1.29 is 53.8 Å². The highest BCUT2D eigenvalue weighted by molar-refractivity contribution is 7.92. The summed E-state index contributed by atoms with van der Waals surface area (Å²) in [6.07, 6.45) is -12.2. The van der Waals surface area contributed by atoms with Gasteiger partial charge in [-0.1, -0.05) is 35.9 Å². The van der Waals surface area contributed by atoms with Gasteiger partial charge in [0.15, 0.2) is 9.84 Å². The van der Waals surface area contributed by atoms with E-state index in [0.717, 1.165) is 6.07 Å². The molecule has 2 aromatic rings. The monoisotopic (exact) mass is 669 g/mol. The van der Waals surface area contributed by atoms with Crippen LogP contribution >= 0.6 is 11.6 Å². The largest absolute Gasteiger partial charge is 0.481 e. The molecule has 2 atom stereocenters. The van der Waals surface area contributed by atoms with Crippen molar-refractivity contribution in [2.75, 3.05) is 6.54 Å². The molecule has 0 aromatic heterocycles. The summed E-state index contributed by atoms with van der Waals surface area (Å²) < 4.78 is 123. The van der Waals surface area contributed by atoms with E-state index in [9.17, 15) is 53.8 Å². The van der Waals surface area contributed by atoms with Crippen LogP contribution in [0.1, 0.15) is 55.2 Å². The zero-order valence-corrected chi connectivity index (χ0v) is 24.5. The number of aryl methyl sites for hydroxylation is 1. The number of hydrogen-bond acceptors (Lipinski definition) is 4. The first-order valence-corrected chi connectivity index (χ1v) is 15.7. The molecule has 44 heavy (non-hydrogen) atoms. The predicted molar refractivity (Wildman–Crippen MR) is 143 cm³/mol. The van der Waals surface area contributed by atoms with Gasteiger partial charge in [-0.05, 0) is 74.3 Å². The number of likely N-dealkylation sites (tertiary alicyclic amines) is 1. The van der Waals surface area contributed by atoms with Gasteiger partial charge in [-0.3, -0.25) is 9.59 Å². The van der Waals surface area contributed by atoms with Gasteiger partial charge in [-0.15, -0.1) is 0 Å². The van der Waals surface area contributed by atoms with E-state index in [1.807, 2.05) is 0 Å². The second-order valence-corrected chi connectivity index (χ2v) is 14.2. The SMILES string of the molecule is O=C(O)[C@H]1CC[C@H](C(=O)N2CCC3(S(=O)(=O)c4cccc(Cl)c4)c4ccc(C(F)(C(F)(F)F)C(F)(F)F)cc4CCC23)CC1. The number of hydrogen-bond donors (Lipinski definition) is 1. The molecule has 2 fully saturated rings. The van der Waals surface area contributed by atoms with Crippen LogP contribution in [0.15, 0.2) is 47.4 Å². The summed E-state index contributed by atoms with van der Waals surface area (Å²) in [6.45, 7) is -0.0818. The van der Waals surface area contributed by atoms with Gasteiger partial charge in [0, 0.05) is 23.0 Å². The highest BCUT2D eigenvalue weighted by Gasteiger charge is 2.74. The zero-order chi connectivity index (χ0) is 32.5. The number of benzene rings is 2. The first-order valence-electron chi connectivity index (χ1n) is 13.9. The molecule has 1 amide bonds. The highest BCUT2D eigenvalue weighted by atomic mass is 35.5. The van der Waals surface area contributed by atoms with Crippen LogP contribution in [-0.2, 0) is 36.3 Å². The number of nitrogens with zero attached hydrogens (tertiary/aromatic N) is 1. The molecule has 1 saturated heterocycles. The lowest BCUT2D eigenvalue weighted by Gasteiger charge is -2.44. The van der Waals surface area contributed by atoms with Crippen LogP contribution in [0, 0.1) is 11.8 Å². The summed E-state index contributed by atoms with van der Waals surface area (Å²) in [6, 6.07) is 5.72. The normalized spacial score (nSPS) is 26.2. The van der Waals surface area contributed by atoms with Gasteiger partial charge in [0.05, 0.1) is 16.9 Å². The van der Waals surface area contributed by atoms with Crippen LogP contribution in [0.25, 0.3) is 0 Å². The highest BCUT2D eigenvalue weighted by Crippen LogP contribution is 2.57. The van der Waals surface area contributed by atoms with Gasteiger partial charge < -0.3 is 10.0 Å². The van der Waals surface area contributed by atoms with Crippen LogP contribution in [0.3, 0.4) is 0 Å². The van der Waals surface area contributed by atoms with Gasteiger partial charge in [-0.2, -0.15) is 26.3 Å². The molecular formula is C29H27ClF7NO5S. The van der Waals surface area contributed by atoms with Crippen molar-refractivity contribution in [2.45, 2.75) is 78.7 Å². The number of carbonyl (C=O) groups is 2. The Hall–Kier alpha value is -2.87. The fourth-order valence-electron chi connectivity index (χ4n) is 7.16. The van der Waals surface area contributed by atoms with Crippen molar-refractivity contribution in [2.24, 2.45) is 11.8 Å². The molecule has 1 N–H and O–H groups in total. The topological polar surface area (TPSA) is 91.8 Å². The molecule has 240 valence electrons. The Morgan fingerprint density at radius 2 is 1.50 bits per heavy atom. The van der Waals surface area contributed by atoms with Crippen LogP contribution < -0.4 is 0 Å². The molecule has 2 aliphatic carbocycles. The molecule has 15 heteroatoms. The van der Waals surface area contributed by atoms with Crippen LogP contribution in [0.4, 0.5) is 30.7 Å². The molecule has 1 saturated carbocycles. The van der Waals surface area contributed by atoms with Crippen LogP contribution in [-0.4, -0.2) is 55.2 Å². The second kappa shape index (κ2) is 10.9. The molecule has 0 radical (unpaired) electrons. The number of halogens is 8. The molecule has 0 bridgehead atoms. The lowest BCUT2D eigenvalue weighted by Crippen LogP contribution is -2.53. The Kier molecular flexibility index (Phi) is 8.05. The number of fused-ring (bicyclic) bond motifs is 3. The average Bonchev–Trinajstić information content (AvgIpc) is 3.36. The minimum atomic E-state index is -6.35. The van der Waals surface area contributed by atoms with Gasteiger partial charge in [0.1, 0.15) is 4.75 Å². The molecule has 2 aromatic carbocycles. The Labute approximate surface area is 253 Å². The Bertz CT molecular complexity index is 1570. The maximum absolute atomic E-state index is 15.0. The van der Waals surface area contributed by atoms with E-state index in [0.29, 0.717) is 12.1 Å². The Balaban J connectivity index is 1.63. The maximum Gasteiger partial charge on any atom is 0.435 e. The van der Waals surface area contributed by atoms with Gasteiger partial charge in [0.2, 0.25) is 5.91 Å². The summed E-state index contributed by atoms with van der Waals surface area (Å²) in [7, 11) is -4.51. The minimum absolute atomic E-state index is 0.0593. The number of aliphatic carboxylic acids is 1. The van der Waals surface area contributed by atoms with E-state index in [1.165, 1.54) is 29.2 Å². The Morgan fingerprint density at radius 1 is 0.886 bits per heavy atom. The molecule has 0 spiro atoms. The number of alkyl halides is 7. The predicted octanol–water partition coefficient (Wildman–Crippen LogP) is 6.74. The van der Waals surface area contributed by atoms with E-state index < -0.39 is 62.0 Å². The van der Waals surface area contributed by atoms with Crippen LogP contribution in [0.5, 0.6) is 0 Å².